The summed E-state index contributed by atoms with van der Waals surface area (Å²) >= 11 is 0. The van der Waals surface area contributed by atoms with Crippen molar-refractivity contribution in [2.24, 2.45) is 0 Å². The number of nitrogens with one attached hydrogen (secondary N) is 2. The maximum absolute atomic E-state index is 13.7. The molecule has 2 N–H and O–H groups in total. The zero-order valence-electron chi connectivity index (χ0n) is 40.5. The monoisotopic (exact) mass is 974 g/mol. The Morgan fingerprint density at radius 1 is 0.479 bits per heavy atom. The van der Waals surface area contributed by atoms with Gasteiger partial charge in [-0.1, -0.05) is 133 Å². The normalized spacial score (nSPS) is 19.0. The molecule has 2 atom stereocenters. The minimum absolute atomic E-state index is 0. The summed E-state index contributed by atoms with van der Waals surface area (Å²) in [5.41, 5.74) is 4.82. The van der Waals surface area contributed by atoms with Gasteiger partial charge in [-0.25, -0.2) is 0 Å². The second-order valence-corrected chi connectivity index (χ2v) is 18.7. The van der Waals surface area contributed by atoms with E-state index < -0.39 is 11.3 Å². The van der Waals surface area contributed by atoms with Gasteiger partial charge < -0.3 is 29.1 Å². The highest BCUT2D eigenvalue weighted by Gasteiger charge is 2.53. The Hall–Kier alpha value is -6.99. The molecule has 4 amide bonds. The van der Waals surface area contributed by atoms with Crippen molar-refractivity contribution in [3.8, 4) is 11.5 Å². The SMILES string of the molecule is COc1cccc(C(=O)N2CCC3(CC2)N[C@@H](Cc2ccccc2)C(=O)N3Cc2ccccc2)c1.COc1cccc(C(=O)N2CCC3(CC2)N[C@@H](Cc2ccccc2)C(=O)N3Cc2ccccc2)c1.Cl. The predicted octanol–water partition coefficient (Wildman–Crippen LogP) is 8.16. The lowest BCUT2D eigenvalue weighted by Gasteiger charge is -2.44. The molecule has 10 rings (SSSR count). The molecule has 0 aliphatic carbocycles. The summed E-state index contributed by atoms with van der Waals surface area (Å²) in [6, 6.07) is 54.5. The van der Waals surface area contributed by atoms with E-state index in [4.69, 9.17) is 9.47 Å². The molecule has 4 fully saturated rings. The maximum atomic E-state index is 13.7. The molecule has 71 heavy (non-hydrogen) atoms. The van der Waals surface area contributed by atoms with Crippen LogP contribution in [0.5, 0.6) is 11.5 Å². The van der Waals surface area contributed by atoms with Gasteiger partial charge >= 0.3 is 0 Å². The number of hydrogen-bond acceptors (Lipinski definition) is 8. The number of methoxy groups -OCH3 is 2. The van der Waals surface area contributed by atoms with Crippen LogP contribution in [0.15, 0.2) is 170 Å². The van der Waals surface area contributed by atoms with Gasteiger partial charge in [0.2, 0.25) is 11.8 Å². The van der Waals surface area contributed by atoms with E-state index in [1.54, 1.807) is 26.4 Å². The maximum Gasteiger partial charge on any atom is 0.253 e. The molecule has 4 heterocycles. The fraction of sp³-hybridized carbons (Fsp3) is 0.310. The van der Waals surface area contributed by atoms with Crippen LogP contribution in [0.2, 0.25) is 0 Å². The van der Waals surface area contributed by atoms with Gasteiger partial charge in [0.15, 0.2) is 0 Å². The van der Waals surface area contributed by atoms with E-state index in [0.717, 1.165) is 22.3 Å². The summed E-state index contributed by atoms with van der Waals surface area (Å²) in [4.78, 5) is 61.5. The number of piperidine rings is 2. The van der Waals surface area contributed by atoms with E-state index in [0.29, 0.717) is 100 Å². The topological polar surface area (TPSA) is 124 Å². The second-order valence-electron chi connectivity index (χ2n) is 18.7. The highest BCUT2D eigenvalue weighted by molar-refractivity contribution is 5.95. The molecule has 4 saturated heterocycles. The number of amides is 4. The minimum Gasteiger partial charge on any atom is -0.497 e. The van der Waals surface area contributed by atoms with Crippen molar-refractivity contribution in [3.63, 3.8) is 0 Å². The van der Waals surface area contributed by atoms with Gasteiger partial charge in [-0.05, 0) is 71.5 Å². The molecule has 4 aliphatic rings. The first kappa shape index (κ1) is 50.4. The van der Waals surface area contributed by atoms with Crippen molar-refractivity contribution in [2.75, 3.05) is 40.4 Å². The molecule has 368 valence electrons. The van der Waals surface area contributed by atoms with Crippen LogP contribution in [0.4, 0.5) is 0 Å². The molecule has 12 nitrogen and oxygen atoms in total. The number of hydrogen-bond donors (Lipinski definition) is 2. The van der Waals surface area contributed by atoms with E-state index in [2.05, 4.69) is 59.2 Å². The first-order valence-electron chi connectivity index (χ1n) is 24.4. The molecule has 6 aromatic carbocycles. The van der Waals surface area contributed by atoms with E-state index in [9.17, 15) is 19.2 Å². The summed E-state index contributed by atoms with van der Waals surface area (Å²) < 4.78 is 10.6. The van der Waals surface area contributed by atoms with Crippen molar-refractivity contribution in [1.82, 2.24) is 30.2 Å². The Labute approximate surface area is 423 Å². The molecule has 0 radical (unpaired) electrons. The van der Waals surface area contributed by atoms with Gasteiger partial charge in [0.05, 0.1) is 37.6 Å². The third-order valence-electron chi connectivity index (χ3n) is 14.4. The molecule has 13 heteroatoms. The van der Waals surface area contributed by atoms with Crippen LogP contribution in [0.3, 0.4) is 0 Å². The first-order chi connectivity index (χ1) is 34.2. The molecule has 2 spiro atoms. The molecule has 4 aliphatic heterocycles. The summed E-state index contributed by atoms with van der Waals surface area (Å²) in [5, 5.41) is 7.42. The van der Waals surface area contributed by atoms with Crippen molar-refractivity contribution in [2.45, 2.75) is 75.0 Å². The van der Waals surface area contributed by atoms with E-state index in [1.807, 2.05) is 129 Å². The Morgan fingerprint density at radius 2 is 0.803 bits per heavy atom. The standard InChI is InChI=1S/2C29H31N3O3.ClH/c2*1-35-25-14-8-13-24(20-25)27(33)31-17-15-29(16-18-31)30-26(19-22-9-4-2-5-10-22)28(34)32(29)21-23-11-6-3-7-12-23;/h2*2-14,20,26,30H,15-19,21H2,1H3;1H/t2*26-;/m00./s1. The van der Waals surface area contributed by atoms with Crippen LogP contribution in [-0.2, 0) is 35.5 Å². The Morgan fingerprint density at radius 3 is 1.13 bits per heavy atom. The quantitative estimate of drug-likeness (QED) is 0.126. The minimum atomic E-state index is -0.461. The number of nitrogens with zero attached hydrogens (tertiary/aromatic N) is 4. The Balaban J connectivity index is 0.000000188. The Kier molecular flexibility index (Phi) is 16.2. The van der Waals surface area contributed by atoms with Crippen molar-refractivity contribution in [1.29, 1.82) is 0 Å². The lowest BCUT2D eigenvalue weighted by Crippen LogP contribution is -2.59. The van der Waals surface area contributed by atoms with Crippen molar-refractivity contribution < 1.29 is 28.7 Å². The van der Waals surface area contributed by atoms with E-state index in [-0.39, 0.29) is 48.1 Å². The lowest BCUT2D eigenvalue weighted by atomic mass is 9.94. The van der Waals surface area contributed by atoms with Gasteiger partial charge in [-0.2, -0.15) is 0 Å². The number of carbonyl (C=O) groups is 4. The van der Waals surface area contributed by atoms with Crippen LogP contribution in [0.1, 0.15) is 68.7 Å². The third kappa shape index (κ3) is 11.5. The highest BCUT2D eigenvalue weighted by atomic mass is 35.5. The van der Waals surface area contributed by atoms with Crippen molar-refractivity contribution >= 4 is 36.0 Å². The van der Waals surface area contributed by atoms with Gasteiger partial charge in [-0.3, -0.25) is 29.8 Å². The fourth-order valence-electron chi connectivity index (χ4n) is 10.6. The smallest absolute Gasteiger partial charge is 0.253 e. The van der Waals surface area contributed by atoms with Crippen LogP contribution in [-0.4, -0.2) is 107 Å². The van der Waals surface area contributed by atoms with Crippen molar-refractivity contribution in [3.05, 3.63) is 203 Å². The van der Waals surface area contributed by atoms with Crippen LogP contribution >= 0.6 is 12.4 Å². The molecular formula is C58H63ClN6O6. The van der Waals surface area contributed by atoms with Gasteiger partial charge in [0.1, 0.15) is 11.5 Å². The highest BCUT2D eigenvalue weighted by Crippen LogP contribution is 2.37. The molecule has 0 unspecified atom stereocenters. The van der Waals surface area contributed by atoms with Crippen LogP contribution < -0.4 is 20.1 Å². The van der Waals surface area contributed by atoms with E-state index >= 15 is 0 Å². The van der Waals surface area contributed by atoms with Gasteiger partial charge in [-0.15, -0.1) is 12.4 Å². The summed E-state index contributed by atoms with van der Waals surface area (Å²) in [7, 11) is 3.20. The van der Waals surface area contributed by atoms with Crippen LogP contribution in [0.25, 0.3) is 0 Å². The lowest BCUT2D eigenvalue weighted by molar-refractivity contribution is -0.135. The summed E-state index contributed by atoms with van der Waals surface area (Å²) in [5.74, 6) is 1.60. The predicted molar refractivity (Wildman–Crippen MR) is 277 cm³/mol. The first-order valence-corrected chi connectivity index (χ1v) is 24.4. The number of ether oxygens (including phenoxy) is 2. The second kappa shape index (κ2) is 22.8. The Bertz CT molecular complexity index is 2540. The zero-order valence-corrected chi connectivity index (χ0v) is 41.3. The average molecular weight is 976 g/mol. The molecule has 0 saturated carbocycles. The summed E-state index contributed by atoms with van der Waals surface area (Å²) in [6.07, 6.45) is 4.05. The van der Waals surface area contributed by atoms with Gasteiger partial charge in [0.25, 0.3) is 11.8 Å². The summed E-state index contributed by atoms with van der Waals surface area (Å²) in [6.45, 7) is 3.45. The largest absolute Gasteiger partial charge is 0.497 e. The molecule has 6 aromatic rings. The molecule has 0 aromatic heterocycles. The molecule has 0 bridgehead atoms. The average Bonchev–Trinajstić information content (AvgIpc) is 3.80. The van der Waals surface area contributed by atoms with Crippen LogP contribution in [0, 0.1) is 0 Å². The number of carbonyl (C=O) groups excluding carboxylic acids is 4. The molecular weight excluding hydrogens is 912 g/mol. The number of rotatable bonds is 12. The third-order valence-corrected chi connectivity index (χ3v) is 14.4. The zero-order chi connectivity index (χ0) is 48.5. The number of benzene rings is 6. The fourth-order valence-corrected chi connectivity index (χ4v) is 10.6. The number of halogens is 1. The van der Waals surface area contributed by atoms with E-state index in [1.165, 1.54) is 0 Å². The van der Waals surface area contributed by atoms with Gasteiger partial charge in [0, 0.05) is 76.1 Å². The number of likely N-dealkylation sites (tertiary alicyclic amines) is 2.